The fraction of sp³-hybridized carbons (Fsp3) is 0.400. The Bertz CT molecular complexity index is 549. The molecule has 0 aliphatic heterocycles. The molecular formula is C15H20N2O2. The Morgan fingerprint density at radius 3 is 2.79 bits per heavy atom. The first kappa shape index (κ1) is 13.6. The van der Waals surface area contributed by atoms with Gasteiger partial charge in [0, 0.05) is 24.5 Å². The van der Waals surface area contributed by atoms with Gasteiger partial charge in [0.2, 0.25) is 0 Å². The number of rotatable bonds is 5. The van der Waals surface area contributed by atoms with Crippen LogP contribution in [0.3, 0.4) is 0 Å². The quantitative estimate of drug-likeness (QED) is 0.898. The summed E-state index contributed by atoms with van der Waals surface area (Å²) < 4.78 is 7.14. The van der Waals surface area contributed by atoms with E-state index < -0.39 is 6.10 Å². The highest BCUT2D eigenvalue weighted by molar-refractivity contribution is 5.38. The number of nitrogens with zero attached hydrogens (tertiary/aromatic N) is 2. The van der Waals surface area contributed by atoms with E-state index in [1.165, 1.54) is 0 Å². The van der Waals surface area contributed by atoms with Crippen molar-refractivity contribution in [1.82, 2.24) is 9.78 Å². The summed E-state index contributed by atoms with van der Waals surface area (Å²) in [5, 5.41) is 14.5. The van der Waals surface area contributed by atoms with E-state index in [9.17, 15) is 5.11 Å². The minimum Gasteiger partial charge on any atom is -0.496 e. The molecule has 0 amide bonds. The third kappa shape index (κ3) is 3.15. The molecule has 1 heterocycles. The highest BCUT2D eigenvalue weighted by atomic mass is 16.5. The van der Waals surface area contributed by atoms with E-state index in [4.69, 9.17) is 4.74 Å². The summed E-state index contributed by atoms with van der Waals surface area (Å²) >= 11 is 0. The maximum atomic E-state index is 10.3. The van der Waals surface area contributed by atoms with Gasteiger partial charge in [-0.2, -0.15) is 5.10 Å². The van der Waals surface area contributed by atoms with Crippen LogP contribution in [-0.4, -0.2) is 22.0 Å². The van der Waals surface area contributed by atoms with Gasteiger partial charge >= 0.3 is 0 Å². The number of aliphatic hydroxyl groups is 1. The molecule has 102 valence electrons. The molecule has 2 rings (SSSR count). The second-order valence-electron chi connectivity index (χ2n) is 4.75. The number of benzene rings is 1. The van der Waals surface area contributed by atoms with E-state index in [-0.39, 0.29) is 0 Å². The number of ether oxygens (including phenoxy) is 1. The molecule has 1 atom stereocenters. The third-order valence-corrected chi connectivity index (χ3v) is 3.34. The predicted molar refractivity (Wildman–Crippen MR) is 74.2 cm³/mol. The Labute approximate surface area is 113 Å². The van der Waals surface area contributed by atoms with Crippen LogP contribution in [-0.2, 0) is 13.5 Å². The molecule has 1 N–H and O–H groups in total. The molecule has 4 heteroatoms. The first-order valence-corrected chi connectivity index (χ1v) is 6.41. The van der Waals surface area contributed by atoms with Crippen molar-refractivity contribution in [3.63, 3.8) is 0 Å². The highest BCUT2D eigenvalue weighted by Crippen LogP contribution is 2.29. The molecule has 19 heavy (non-hydrogen) atoms. The van der Waals surface area contributed by atoms with Crippen molar-refractivity contribution in [3.8, 4) is 5.75 Å². The summed E-state index contributed by atoms with van der Waals surface area (Å²) in [5.41, 5.74) is 3.09. The molecule has 1 unspecified atom stereocenters. The SMILES string of the molecule is COc1ccc(C)cc1C(O)CCc1ccnn1C. The number of hydrogen-bond donors (Lipinski definition) is 1. The largest absolute Gasteiger partial charge is 0.496 e. The van der Waals surface area contributed by atoms with Gasteiger partial charge in [0.25, 0.3) is 0 Å². The number of aryl methyl sites for hydroxylation is 3. The average Bonchev–Trinajstić information content (AvgIpc) is 2.81. The second kappa shape index (κ2) is 5.89. The van der Waals surface area contributed by atoms with Gasteiger partial charge < -0.3 is 9.84 Å². The maximum absolute atomic E-state index is 10.3. The third-order valence-electron chi connectivity index (χ3n) is 3.34. The van der Waals surface area contributed by atoms with Gasteiger partial charge in [0.1, 0.15) is 5.75 Å². The van der Waals surface area contributed by atoms with Gasteiger partial charge in [-0.1, -0.05) is 11.6 Å². The molecule has 0 saturated carbocycles. The topological polar surface area (TPSA) is 47.3 Å². The molecule has 2 aromatic rings. The summed E-state index contributed by atoms with van der Waals surface area (Å²) in [6, 6.07) is 7.83. The first-order chi connectivity index (χ1) is 9.11. The molecule has 0 aliphatic rings. The van der Waals surface area contributed by atoms with E-state index in [0.717, 1.165) is 29.0 Å². The minimum absolute atomic E-state index is 0.523. The molecule has 1 aromatic carbocycles. The molecule has 0 radical (unpaired) electrons. The monoisotopic (exact) mass is 260 g/mol. The van der Waals surface area contributed by atoms with Gasteiger partial charge in [0.15, 0.2) is 0 Å². The predicted octanol–water partition coefficient (Wildman–Crippen LogP) is 2.40. The van der Waals surface area contributed by atoms with Crippen LogP contribution < -0.4 is 4.74 Å². The summed E-state index contributed by atoms with van der Waals surface area (Å²) in [4.78, 5) is 0. The van der Waals surface area contributed by atoms with Crippen LogP contribution in [0.15, 0.2) is 30.5 Å². The summed E-state index contributed by atoms with van der Waals surface area (Å²) in [6.45, 7) is 2.01. The van der Waals surface area contributed by atoms with Crippen molar-refractivity contribution in [2.45, 2.75) is 25.9 Å². The second-order valence-corrected chi connectivity index (χ2v) is 4.75. The number of aliphatic hydroxyl groups excluding tert-OH is 1. The summed E-state index contributed by atoms with van der Waals surface area (Å²) in [5.74, 6) is 0.739. The van der Waals surface area contributed by atoms with Crippen molar-refractivity contribution >= 4 is 0 Å². The zero-order valence-electron chi connectivity index (χ0n) is 11.6. The molecule has 0 fully saturated rings. The van der Waals surface area contributed by atoms with Crippen molar-refractivity contribution < 1.29 is 9.84 Å². The lowest BCUT2D eigenvalue weighted by Crippen LogP contribution is -2.05. The zero-order chi connectivity index (χ0) is 13.8. The minimum atomic E-state index is -0.523. The van der Waals surface area contributed by atoms with Crippen LogP contribution in [0.2, 0.25) is 0 Å². The molecular weight excluding hydrogens is 240 g/mol. The van der Waals surface area contributed by atoms with Gasteiger partial charge in [-0.3, -0.25) is 4.68 Å². The Kier molecular flexibility index (Phi) is 4.22. The van der Waals surface area contributed by atoms with Crippen molar-refractivity contribution in [3.05, 3.63) is 47.3 Å². The summed E-state index contributed by atoms with van der Waals surface area (Å²) in [7, 11) is 3.54. The lowest BCUT2D eigenvalue weighted by molar-refractivity contribution is 0.163. The van der Waals surface area contributed by atoms with Crippen LogP contribution in [0.25, 0.3) is 0 Å². The summed E-state index contributed by atoms with van der Waals surface area (Å²) in [6.07, 6.45) is 2.69. The Morgan fingerprint density at radius 1 is 1.37 bits per heavy atom. The van der Waals surface area contributed by atoms with Crippen LogP contribution in [0.4, 0.5) is 0 Å². The Hall–Kier alpha value is -1.81. The normalized spacial score (nSPS) is 12.4. The van der Waals surface area contributed by atoms with E-state index in [2.05, 4.69) is 5.10 Å². The molecule has 0 aliphatic carbocycles. The standard InChI is InChI=1S/C15H20N2O2/c1-11-4-7-15(19-3)13(10-11)14(18)6-5-12-8-9-16-17(12)2/h4,7-10,14,18H,5-6H2,1-3H3. The van der Waals surface area contributed by atoms with E-state index in [0.29, 0.717) is 6.42 Å². The average molecular weight is 260 g/mol. The zero-order valence-corrected chi connectivity index (χ0v) is 11.6. The first-order valence-electron chi connectivity index (χ1n) is 6.41. The maximum Gasteiger partial charge on any atom is 0.124 e. The van der Waals surface area contributed by atoms with Gasteiger partial charge in [0.05, 0.1) is 13.2 Å². The van der Waals surface area contributed by atoms with Crippen molar-refractivity contribution in [2.75, 3.05) is 7.11 Å². The van der Waals surface area contributed by atoms with E-state index in [1.807, 2.05) is 42.9 Å². The van der Waals surface area contributed by atoms with Crippen LogP contribution in [0.1, 0.15) is 29.3 Å². The molecule has 0 saturated heterocycles. The van der Waals surface area contributed by atoms with Crippen molar-refractivity contribution in [2.24, 2.45) is 7.05 Å². The van der Waals surface area contributed by atoms with Crippen LogP contribution >= 0.6 is 0 Å². The number of hydrogen-bond acceptors (Lipinski definition) is 3. The van der Waals surface area contributed by atoms with Crippen molar-refractivity contribution in [1.29, 1.82) is 0 Å². The molecule has 0 bridgehead atoms. The Balaban J connectivity index is 2.09. The van der Waals surface area contributed by atoms with Crippen LogP contribution in [0.5, 0.6) is 5.75 Å². The fourth-order valence-electron chi connectivity index (χ4n) is 2.20. The lowest BCUT2D eigenvalue weighted by atomic mass is 10.0. The molecule has 4 nitrogen and oxygen atoms in total. The van der Waals surface area contributed by atoms with Gasteiger partial charge in [-0.15, -0.1) is 0 Å². The van der Waals surface area contributed by atoms with Crippen LogP contribution in [0, 0.1) is 6.92 Å². The van der Waals surface area contributed by atoms with Gasteiger partial charge in [-0.05, 0) is 38.0 Å². The smallest absolute Gasteiger partial charge is 0.124 e. The molecule has 1 aromatic heterocycles. The number of methoxy groups -OCH3 is 1. The highest BCUT2D eigenvalue weighted by Gasteiger charge is 2.14. The fourth-order valence-corrected chi connectivity index (χ4v) is 2.20. The van der Waals surface area contributed by atoms with E-state index >= 15 is 0 Å². The molecule has 0 spiro atoms. The van der Waals surface area contributed by atoms with E-state index in [1.54, 1.807) is 13.3 Å². The lowest BCUT2D eigenvalue weighted by Gasteiger charge is -2.15. The Morgan fingerprint density at radius 2 is 2.16 bits per heavy atom. The van der Waals surface area contributed by atoms with Gasteiger partial charge in [-0.25, -0.2) is 0 Å². The number of aromatic nitrogens is 2.